The van der Waals surface area contributed by atoms with Crippen molar-refractivity contribution >= 4 is 29.1 Å². The average Bonchev–Trinajstić information content (AvgIpc) is 3.32. The van der Waals surface area contributed by atoms with Crippen LogP contribution in [0.25, 0.3) is 16.9 Å². The van der Waals surface area contributed by atoms with Crippen LogP contribution in [0.2, 0.25) is 0 Å². The molecule has 2 aromatic carbocycles. The summed E-state index contributed by atoms with van der Waals surface area (Å²) in [5.41, 5.74) is 3.56. The van der Waals surface area contributed by atoms with Gasteiger partial charge in [-0.2, -0.15) is 10.2 Å². The Kier molecular flexibility index (Phi) is 5.40. The molecule has 7 nitrogen and oxygen atoms in total. The van der Waals surface area contributed by atoms with Crippen LogP contribution in [0.1, 0.15) is 16.1 Å². The fraction of sp³-hybridized carbons (Fsp3) is 0.0909. The van der Waals surface area contributed by atoms with E-state index in [4.69, 9.17) is 12.2 Å². The molecule has 0 spiro atoms. The van der Waals surface area contributed by atoms with Gasteiger partial charge in [-0.1, -0.05) is 48.5 Å². The van der Waals surface area contributed by atoms with Crippen LogP contribution < -0.4 is 10.6 Å². The molecule has 150 valence electrons. The van der Waals surface area contributed by atoms with E-state index < -0.39 is 0 Å². The molecule has 4 rings (SSSR count). The van der Waals surface area contributed by atoms with Crippen molar-refractivity contribution in [2.45, 2.75) is 6.92 Å². The Morgan fingerprint density at radius 2 is 1.67 bits per heavy atom. The second-order valence-corrected chi connectivity index (χ2v) is 7.15. The standard InChI is InChI=1S/C22H20N6OS/c1-15-13-19(27(2)25-15)23-22(30)24-21(29)18-14-28(17-11-7-4-8-12-17)26-20(18)16-9-5-3-6-10-16/h3-14H,1-2H3,(H2,23,24,29,30). The maximum absolute atomic E-state index is 13.1. The second-order valence-electron chi connectivity index (χ2n) is 6.74. The summed E-state index contributed by atoms with van der Waals surface area (Å²) < 4.78 is 3.36. The third-order valence-electron chi connectivity index (χ3n) is 4.50. The number of hydrogen-bond donors (Lipinski definition) is 2. The molecule has 2 heterocycles. The lowest BCUT2D eigenvalue weighted by Crippen LogP contribution is -2.34. The van der Waals surface area contributed by atoms with Crippen LogP contribution in [0.5, 0.6) is 0 Å². The van der Waals surface area contributed by atoms with E-state index in [2.05, 4.69) is 20.8 Å². The summed E-state index contributed by atoms with van der Waals surface area (Å²) in [6, 6.07) is 21.1. The molecule has 0 atom stereocenters. The van der Waals surface area contributed by atoms with Crippen molar-refractivity contribution in [3.05, 3.63) is 84.2 Å². The second kappa shape index (κ2) is 8.30. The van der Waals surface area contributed by atoms with Gasteiger partial charge in [0.05, 0.1) is 16.9 Å². The van der Waals surface area contributed by atoms with Crippen molar-refractivity contribution in [3.8, 4) is 16.9 Å². The predicted octanol–water partition coefficient (Wildman–Crippen LogP) is 3.71. The van der Waals surface area contributed by atoms with Gasteiger partial charge in [0.15, 0.2) is 5.11 Å². The van der Waals surface area contributed by atoms with Crippen molar-refractivity contribution in [3.63, 3.8) is 0 Å². The van der Waals surface area contributed by atoms with Crippen molar-refractivity contribution in [2.75, 3.05) is 5.32 Å². The van der Waals surface area contributed by atoms with Gasteiger partial charge in [-0.3, -0.25) is 14.8 Å². The van der Waals surface area contributed by atoms with E-state index in [1.165, 1.54) is 0 Å². The molecule has 2 aromatic heterocycles. The van der Waals surface area contributed by atoms with Gasteiger partial charge in [0.2, 0.25) is 0 Å². The zero-order valence-corrected chi connectivity index (χ0v) is 17.4. The van der Waals surface area contributed by atoms with Gasteiger partial charge >= 0.3 is 0 Å². The fourth-order valence-electron chi connectivity index (χ4n) is 3.11. The zero-order chi connectivity index (χ0) is 21.1. The molecule has 0 radical (unpaired) electrons. The summed E-state index contributed by atoms with van der Waals surface area (Å²) in [4.78, 5) is 13.1. The minimum absolute atomic E-state index is 0.189. The molecule has 4 aromatic rings. The first kappa shape index (κ1) is 19.5. The Balaban J connectivity index is 1.63. The Morgan fingerprint density at radius 1 is 1.00 bits per heavy atom. The van der Waals surface area contributed by atoms with Crippen LogP contribution >= 0.6 is 12.2 Å². The first-order valence-electron chi connectivity index (χ1n) is 9.35. The van der Waals surface area contributed by atoms with E-state index in [-0.39, 0.29) is 11.0 Å². The van der Waals surface area contributed by atoms with Crippen molar-refractivity contribution in [2.24, 2.45) is 7.05 Å². The number of rotatable bonds is 4. The highest BCUT2D eigenvalue weighted by molar-refractivity contribution is 7.80. The van der Waals surface area contributed by atoms with E-state index in [1.807, 2.05) is 73.7 Å². The molecule has 0 bridgehead atoms. The summed E-state index contributed by atoms with van der Waals surface area (Å²) >= 11 is 5.33. The average molecular weight is 417 g/mol. The lowest BCUT2D eigenvalue weighted by Gasteiger charge is -2.09. The number of hydrogen-bond acceptors (Lipinski definition) is 4. The Morgan fingerprint density at radius 3 is 2.30 bits per heavy atom. The fourth-order valence-corrected chi connectivity index (χ4v) is 3.31. The SMILES string of the molecule is Cc1cc(NC(=S)NC(=O)c2cn(-c3ccccc3)nc2-c2ccccc2)n(C)n1. The van der Waals surface area contributed by atoms with Gasteiger partial charge in [0.1, 0.15) is 11.5 Å². The minimum Gasteiger partial charge on any atom is -0.317 e. The monoisotopic (exact) mass is 416 g/mol. The van der Waals surface area contributed by atoms with E-state index in [1.54, 1.807) is 22.6 Å². The molecular formula is C22H20N6OS. The minimum atomic E-state index is -0.340. The van der Waals surface area contributed by atoms with Gasteiger partial charge in [0, 0.05) is 24.9 Å². The molecular weight excluding hydrogens is 396 g/mol. The molecule has 30 heavy (non-hydrogen) atoms. The lowest BCUT2D eigenvalue weighted by atomic mass is 10.1. The highest BCUT2D eigenvalue weighted by Gasteiger charge is 2.20. The predicted molar refractivity (Wildman–Crippen MR) is 121 cm³/mol. The first-order chi connectivity index (χ1) is 14.5. The van der Waals surface area contributed by atoms with Gasteiger partial charge < -0.3 is 5.32 Å². The number of carbonyl (C=O) groups is 1. The number of amides is 1. The molecule has 0 saturated carbocycles. The third kappa shape index (κ3) is 4.13. The van der Waals surface area contributed by atoms with Crippen molar-refractivity contribution in [1.29, 1.82) is 0 Å². The molecule has 8 heteroatoms. The van der Waals surface area contributed by atoms with Crippen LogP contribution in [-0.2, 0) is 7.05 Å². The largest absolute Gasteiger partial charge is 0.317 e. The lowest BCUT2D eigenvalue weighted by molar-refractivity contribution is 0.0978. The van der Waals surface area contributed by atoms with Crippen molar-refractivity contribution < 1.29 is 4.79 Å². The zero-order valence-electron chi connectivity index (χ0n) is 16.5. The van der Waals surface area contributed by atoms with Crippen LogP contribution in [-0.4, -0.2) is 30.6 Å². The van der Waals surface area contributed by atoms with Crippen LogP contribution in [0, 0.1) is 6.92 Å². The third-order valence-corrected chi connectivity index (χ3v) is 4.70. The number of nitrogens with zero attached hydrogens (tertiary/aromatic N) is 4. The highest BCUT2D eigenvalue weighted by atomic mass is 32.1. The topological polar surface area (TPSA) is 76.8 Å². The maximum Gasteiger partial charge on any atom is 0.261 e. The van der Waals surface area contributed by atoms with Crippen LogP contribution in [0.4, 0.5) is 5.82 Å². The molecule has 0 unspecified atom stereocenters. The molecule has 0 aliphatic rings. The molecule has 0 aliphatic carbocycles. The summed E-state index contributed by atoms with van der Waals surface area (Å²) in [7, 11) is 1.80. The number of para-hydroxylation sites is 1. The number of aryl methyl sites for hydroxylation is 2. The van der Waals surface area contributed by atoms with Crippen LogP contribution in [0.3, 0.4) is 0 Å². The number of aromatic nitrogens is 4. The molecule has 2 N–H and O–H groups in total. The Hall–Kier alpha value is -3.78. The maximum atomic E-state index is 13.1. The molecule has 0 aliphatic heterocycles. The Bertz CT molecular complexity index is 1200. The number of carbonyl (C=O) groups excluding carboxylic acids is 1. The van der Waals surface area contributed by atoms with E-state index >= 15 is 0 Å². The molecule has 0 fully saturated rings. The smallest absolute Gasteiger partial charge is 0.261 e. The summed E-state index contributed by atoms with van der Waals surface area (Å²) in [5, 5.41) is 14.9. The Labute approximate surface area is 179 Å². The summed E-state index contributed by atoms with van der Waals surface area (Å²) in [6.45, 7) is 1.89. The van der Waals surface area contributed by atoms with E-state index in [9.17, 15) is 4.79 Å². The van der Waals surface area contributed by atoms with Gasteiger partial charge in [-0.15, -0.1) is 0 Å². The highest BCUT2D eigenvalue weighted by Crippen LogP contribution is 2.23. The quantitative estimate of drug-likeness (QED) is 0.496. The summed E-state index contributed by atoms with van der Waals surface area (Å²) in [5.74, 6) is 0.355. The van der Waals surface area contributed by atoms with Gasteiger partial charge in [-0.25, -0.2) is 4.68 Å². The van der Waals surface area contributed by atoms with Crippen LogP contribution in [0.15, 0.2) is 72.9 Å². The normalized spacial score (nSPS) is 10.6. The molecule has 1 amide bonds. The number of nitrogens with one attached hydrogen (secondary N) is 2. The van der Waals surface area contributed by atoms with E-state index in [0.717, 1.165) is 16.9 Å². The number of anilines is 1. The van der Waals surface area contributed by atoms with Gasteiger partial charge in [0.25, 0.3) is 5.91 Å². The van der Waals surface area contributed by atoms with Crippen molar-refractivity contribution in [1.82, 2.24) is 24.9 Å². The first-order valence-corrected chi connectivity index (χ1v) is 9.75. The number of thiocarbonyl (C=S) groups is 1. The van der Waals surface area contributed by atoms with Gasteiger partial charge in [-0.05, 0) is 31.3 Å². The molecule has 0 saturated heterocycles. The van der Waals surface area contributed by atoms with E-state index in [0.29, 0.717) is 17.1 Å². The number of benzene rings is 2. The summed E-state index contributed by atoms with van der Waals surface area (Å²) in [6.07, 6.45) is 1.71.